The fourth-order valence-electron chi connectivity index (χ4n) is 3.10. The number of hydrogen-bond acceptors (Lipinski definition) is 5. The van der Waals surface area contributed by atoms with Gasteiger partial charge in [-0.15, -0.1) is 0 Å². The topological polar surface area (TPSA) is 56.5 Å². The number of nitrogens with zero attached hydrogens (tertiary/aromatic N) is 1. The van der Waals surface area contributed by atoms with Crippen LogP contribution in [0.2, 0.25) is 0 Å². The van der Waals surface area contributed by atoms with Gasteiger partial charge in [0.1, 0.15) is 23.0 Å². The maximum atomic E-state index is 5.91. The van der Waals surface area contributed by atoms with Crippen molar-refractivity contribution < 1.29 is 13.9 Å². The third kappa shape index (κ3) is 4.49. The Labute approximate surface area is 159 Å². The van der Waals surface area contributed by atoms with Crippen molar-refractivity contribution >= 4 is 0 Å². The highest BCUT2D eigenvalue weighted by Crippen LogP contribution is 2.47. The molecule has 2 aromatic heterocycles. The molecule has 27 heavy (non-hydrogen) atoms. The van der Waals surface area contributed by atoms with Crippen molar-refractivity contribution in [2.75, 3.05) is 7.11 Å². The number of ether oxygens (including phenoxy) is 2. The van der Waals surface area contributed by atoms with Gasteiger partial charge in [0, 0.05) is 30.8 Å². The monoisotopic (exact) mass is 364 g/mol. The quantitative estimate of drug-likeness (QED) is 0.617. The zero-order valence-electron chi connectivity index (χ0n) is 15.6. The first-order valence-electron chi connectivity index (χ1n) is 9.27. The van der Waals surface area contributed by atoms with E-state index in [-0.39, 0.29) is 0 Å². The Kier molecular flexibility index (Phi) is 5.12. The number of pyridine rings is 1. The Morgan fingerprint density at radius 2 is 1.96 bits per heavy atom. The number of hydrogen-bond donors (Lipinski definition) is 1. The van der Waals surface area contributed by atoms with E-state index < -0.39 is 0 Å². The highest BCUT2D eigenvalue weighted by atomic mass is 16.5. The zero-order valence-corrected chi connectivity index (χ0v) is 15.6. The molecule has 0 saturated heterocycles. The second-order valence-corrected chi connectivity index (χ2v) is 7.01. The lowest BCUT2D eigenvalue weighted by Crippen LogP contribution is -2.12. The minimum atomic E-state index is 0.557. The molecule has 1 aliphatic carbocycles. The van der Waals surface area contributed by atoms with Gasteiger partial charge in [0.25, 0.3) is 0 Å². The van der Waals surface area contributed by atoms with E-state index in [2.05, 4.69) is 29.4 Å². The number of methoxy groups -OCH3 is 1. The highest BCUT2D eigenvalue weighted by Gasteiger charge is 2.36. The van der Waals surface area contributed by atoms with Gasteiger partial charge >= 0.3 is 0 Å². The van der Waals surface area contributed by atoms with Gasteiger partial charge in [0.05, 0.1) is 13.7 Å². The van der Waals surface area contributed by atoms with E-state index in [1.165, 1.54) is 6.42 Å². The molecular weight excluding hydrogens is 340 g/mol. The van der Waals surface area contributed by atoms with Crippen LogP contribution < -0.4 is 14.8 Å². The van der Waals surface area contributed by atoms with E-state index >= 15 is 0 Å². The molecule has 1 aliphatic rings. The number of benzene rings is 1. The summed E-state index contributed by atoms with van der Waals surface area (Å²) in [7, 11) is 1.63. The second kappa shape index (κ2) is 7.84. The molecule has 0 radical (unpaired) electrons. The predicted octanol–water partition coefficient (Wildman–Crippen LogP) is 4.89. The first-order chi connectivity index (χ1) is 13.2. The van der Waals surface area contributed by atoms with Crippen LogP contribution in [0.4, 0.5) is 0 Å². The Hall–Kier alpha value is -2.79. The van der Waals surface area contributed by atoms with Gasteiger partial charge < -0.3 is 19.2 Å². The van der Waals surface area contributed by atoms with E-state index in [0.29, 0.717) is 24.1 Å². The summed E-state index contributed by atoms with van der Waals surface area (Å²) in [5.74, 6) is 5.51. The van der Waals surface area contributed by atoms with Gasteiger partial charge in [-0.2, -0.15) is 0 Å². The van der Waals surface area contributed by atoms with Crippen molar-refractivity contribution in [2.45, 2.75) is 32.4 Å². The van der Waals surface area contributed by atoms with Crippen LogP contribution in [0.3, 0.4) is 0 Å². The molecule has 5 nitrogen and oxygen atoms in total. The molecule has 1 aromatic carbocycles. The predicted molar refractivity (Wildman–Crippen MR) is 103 cm³/mol. The average molecular weight is 364 g/mol. The van der Waals surface area contributed by atoms with Crippen LogP contribution in [0.25, 0.3) is 0 Å². The Morgan fingerprint density at radius 3 is 2.70 bits per heavy atom. The van der Waals surface area contributed by atoms with Gasteiger partial charge in [0.15, 0.2) is 0 Å². The van der Waals surface area contributed by atoms with Crippen LogP contribution in [0.5, 0.6) is 17.4 Å². The van der Waals surface area contributed by atoms with Crippen LogP contribution in [-0.2, 0) is 13.1 Å². The highest BCUT2D eigenvalue weighted by molar-refractivity contribution is 5.35. The summed E-state index contributed by atoms with van der Waals surface area (Å²) in [4.78, 5) is 4.37. The third-order valence-corrected chi connectivity index (χ3v) is 4.85. The maximum absolute atomic E-state index is 5.91. The van der Waals surface area contributed by atoms with Crippen molar-refractivity contribution in [1.29, 1.82) is 0 Å². The number of aromatic nitrogens is 1. The fraction of sp³-hybridized carbons (Fsp3) is 0.318. The van der Waals surface area contributed by atoms with Crippen LogP contribution in [0.1, 0.15) is 36.3 Å². The fourth-order valence-corrected chi connectivity index (χ4v) is 3.10. The molecule has 1 saturated carbocycles. The molecule has 1 fully saturated rings. The van der Waals surface area contributed by atoms with Gasteiger partial charge in [0.2, 0.25) is 5.88 Å². The van der Waals surface area contributed by atoms with E-state index in [1.54, 1.807) is 7.11 Å². The molecular formula is C22H24N2O3. The van der Waals surface area contributed by atoms with Crippen molar-refractivity contribution in [2.24, 2.45) is 5.92 Å². The number of rotatable bonds is 8. The zero-order chi connectivity index (χ0) is 18.6. The molecule has 2 atom stereocenters. The van der Waals surface area contributed by atoms with Crippen LogP contribution in [0, 0.1) is 5.92 Å². The molecule has 0 aliphatic heterocycles. The van der Waals surface area contributed by atoms with E-state index in [1.807, 2.05) is 42.6 Å². The van der Waals surface area contributed by atoms with E-state index in [4.69, 9.17) is 13.9 Å². The van der Waals surface area contributed by atoms with Crippen LogP contribution in [0.15, 0.2) is 59.1 Å². The summed E-state index contributed by atoms with van der Waals surface area (Å²) in [6.45, 7) is 3.70. The number of furan rings is 1. The molecule has 5 heteroatoms. The minimum Gasteiger partial charge on any atom is -0.497 e. The molecule has 2 heterocycles. The van der Waals surface area contributed by atoms with Gasteiger partial charge in [-0.1, -0.05) is 19.1 Å². The summed E-state index contributed by atoms with van der Waals surface area (Å²) >= 11 is 0. The summed E-state index contributed by atoms with van der Waals surface area (Å²) in [6, 6.07) is 15.5. The van der Waals surface area contributed by atoms with Gasteiger partial charge in [-0.25, -0.2) is 4.98 Å². The SMILES string of the molecule is COc1cccc(Oc2ccc(CNCc3ccc(C4CC4C)o3)cn2)c1. The molecule has 140 valence electrons. The lowest BCUT2D eigenvalue weighted by molar-refractivity contribution is 0.407. The first-order valence-corrected chi connectivity index (χ1v) is 9.27. The molecule has 1 N–H and O–H groups in total. The summed E-state index contributed by atoms with van der Waals surface area (Å²) in [6.07, 6.45) is 3.07. The van der Waals surface area contributed by atoms with Crippen molar-refractivity contribution in [3.8, 4) is 17.4 Å². The largest absolute Gasteiger partial charge is 0.497 e. The molecule has 0 amide bonds. The lowest BCUT2D eigenvalue weighted by Gasteiger charge is -2.07. The normalized spacial score (nSPS) is 18.3. The Bertz CT molecular complexity index is 889. The number of nitrogens with one attached hydrogen (secondary N) is 1. The minimum absolute atomic E-state index is 0.557. The smallest absolute Gasteiger partial charge is 0.219 e. The van der Waals surface area contributed by atoms with E-state index in [9.17, 15) is 0 Å². The van der Waals surface area contributed by atoms with Gasteiger partial charge in [-0.05, 0) is 42.2 Å². The summed E-state index contributed by atoms with van der Waals surface area (Å²) < 4.78 is 16.9. The maximum Gasteiger partial charge on any atom is 0.219 e. The van der Waals surface area contributed by atoms with Crippen LogP contribution >= 0.6 is 0 Å². The Balaban J connectivity index is 1.27. The average Bonchev–Trinajstić information content (AvgIpc) is 3.24. The first kappa shape index (κ1) is 17.6. The summed E-state index contributed by atoms with van der Waals surface area (Å²) in [5.41, 5.74) is 1.09. The molecule has 0 spiro atoms. The molecule has 4 rings (SSSR count). The van der Waals surface area contributed by atoms with E-state index in [0.717, 1.165) is 35.3 Å². The standard InChI is InChI=1S/C22H24N2O3/c1-15-10-20(15)21-8-7-19(26-21)14-23-12-16-6-9-22(24-13-16)27-18-5-3-4-17(11-18)25-2/h3-9,11,13,15,20,23H,10,12,14H2,1-2H3. The van der Waals surface area contributed by atoms with Crippen molar-refractivity contribution in [3.63, 3.8) is 0 Å². The lowest BCUT2D eigenvalue weighted by atomic mass is 10.2. The molecule has 3 aromatic rings. The summed E-state index contributed by atoms with van der Waals surface area (Å²) in [5, 5.41) is 3.39. The van der Waals surface area contributed by atoms with Gasteiger partial charge in [-0.3, -0.25) is 0 Å². The Morgan fingerprint density at radius 1 is 1.11 bits per heavy atom. The van der Waals surface area contributed by atoms with Crippen molar-refractivity contribution in [1.82, 2.24) is 10.3 Å². The third-order valence-electron chi connectivity index (χ3n) is 4.85. The molecule has 2 unspecified atom stereocenters. The molecule has 0 bridgehead atoms. The van der Waals surface area contributed by atoms with Crippen LogP contribution in [-0.4, -0.2) is 12.1 Å². The van der Waals surface area contributed by atoms with Crippen molar-refractivity contribution in [3.05, 3.63) is 71.8 Å². The second-order valence-electron chi connectivity index (χ2n) is 7.01.